The first-order valence-electron chi connectivity index (χ1n) is 7.35. The van der Waals surface area contributed by atoms with Gasteiger partial charge in [0.25, 0.3) is 0 Å². The molecule has 1 atom stereocenters. The van der Waals surface area contributed by atoms with E-state index in [0.29, 0.717) is 6.04 Å². The van der Waals surface area contributed by atoms with Gasteiger partial charge in [-0.25, -0.2) is 0 Å². The molecule has 1 unspecified atom stereocenters. The Morgan fingerprint density at radius 3 is 2.79 bits per heavy atom. The van der Waals surface area contributed by atoms with E-state index >= 15 is 0 Å². The third kappa shape index (κ3) is 4.92. The van der Waals surface area contributed by atoms with Gasteiger partial charge in [0.05, 0.1) is 0 Å². The van der Waals surface area contributed by atoms with Crippen LogP contribution in [0.25, 0.3) is 0 Å². The summed E-state index contributed by atoms with van der Waals surface area (Å²) in [6.07, 6.45) is 6.41. The van der Waals surface area contributed by atoms with Gasteiger partial charge in [0.15, 0.2) is 0 Å². The van der Waals surface area contributed by atoms with Crippen LogP contribution in [0.2, 0.25) is 0 Å². The molecule has 0 saturated heterocycles. The predicted octanol–water partition coefficient (Wildman–Crippen LogP) is 2.40. The molecule has 1 saturated carbocycles. The lowest BCUT2D eigenvalue weighted by Gasteiger charge is -2.28. The van der Waals surface area contributed by atoms with Crippen LogP contribution in [0.1, 0.15) is 38.8 Å². The van der Waals surface area contributed by atoms with E-state index in [1.807, 2.05) is 12.3 Å². The van der Waals surface area contributed by atoms with E-state index in [9.17, 15) is 0 Å². The summed E-state index contributed by atoms with van der Waals surface area (Å²) in [7, 11) is 0. The minimum absolute atomic E-state index is 0.159. The first kappa shape index (κ1) is 14.5. The fourth-order valence-electron chi connectivity index (χ4n) is 2.45. The van der Waals surface area contributed by atoms with Gasteiger partial charge in [-0.3, -0.25) is 4.98 Å². The van der Waals surface area contributed by atoms with E-state index in [0.717, 1.165) is 25.3 Å². The monoisotopic (exact) mass is 262 g/mol. The highest BCUT2D eigenvalue weighted by Crippen LogP contribution is 2.34. The molecular formula is C16H26N2O. The van der Waals surface area contributed by atoms with Crippen molar-refractivity contribution in [3.63, 3.8) is 0 Å². The van der Waals surface area contributed by atoms with E-state index in [4.69, 9.17) is 5.11 Å². The second-order valence-electron chi connectivity index (χ2n) is 6.49. The molecule has 0 amide bonds. The quantitative estimate of drug-likeness (QED) is 0.756. The van der Waals surface area contributed by atoms with Gasteiger partial charge in [0.2, 0.25) is 0 Å². The molecule has 0 radical (unpaired) electrons. The first-order valence-corrected chi connectivity index (χ1v) is 7.35. The third-order valence-electron chi connectivity index (χ3n) is 3.98. The Balaban J connectivity index is 1.87. The second-order valence-corrected chi connectivity index (χ2v) is 6.49. The molecule has 0 aliphatic heterocycles. The summed E-state index contributed by atoms with van der Waals surface area (Å²) >= 11 is 0. The third-order valence-corrected chi connectivity index (χ3v) is 3.98. The van der Waals surface area contributed by atoms with E-state index < -0.39 is 0 Å². The van der Waals surface area contributed by atoms with Crippen molar-refractivity contribution in [2.75, 3.05) is 13.2 Å². The molecule has 19 heavy (non-hydrogen) atoms. The van der Waals surface area contributed by atoms with Crippen LogP contribution >= 0.6 is 0 Å². The Labute approximate surface area is 116 Å². The molecule has 1 aromatic heterocycles. The standard InChI is InChI=1S/C16H26N2O/c1-16(2,8-10-19)12-18-15(13-6-7-13)11-14-5-3-4-9-17-14/h3-5,9,13,15,18-19H,6-8,10-12H2,1-2H3. The lowest BCUT2D eigenvalue weighted by molar-refractivity contribution is 0.200. The van der Waals surface area contributed by atoms with Crippen molar-refractivity contribution in [1.82, 2.24) is 10.3 Å². The smallest absolute Gasteiger partial charge is 0.0436 e. The lowest BCUT2D eigenvalue weighted by Crippen LogP contribution is -2.40. The molecule has 1 aromatic rings. The highest BCUT2D eigenvalue weighted by atomic mass is 16.3. The molecule has 0 bridgehead atoms. The number of aliphatic hydroxyl groups is 1. The topological polar surface area (TPSA) is 45.1 Å². The number of nitrogens with zero attached hydrogens (tertiary/aromatic N) is 1. The van der Waals surface area contributed by atoms with Gasteiger partial charge in [-0.1, -0.05) is 19.9 Å². The molecule has 2 rings (SSSR count). The number of aromatic nitrogens is 1. The number of rotatable bonds is 8. The van der Waals surface area contributed by atoms with E-state index in [-0.39, 0.29) is 12.0 Å². The van der Waals surface area contributed by atoms with E-state index in [1.54, 1.807) is 0 Å². The van der Waals surface area contributed by atoms with Crippen LogP contribution in [0.4, 0.5) is 0 Å². The summed E-state index contributed by atoms with van der Waals surface area (Å²) in [5.41, 5.74) is 1.33. The molecule has 1 heterocycles. The molecule has 1 fully saturated rings. The van der Waals surface area contributed by atoms with Crippen molar-refractivity contribution in [2.45, 2.75) is 45.6 Å². The van der Waals surface area contributed by atoms with Crippen LogP contribution in [-0.4, -0.2) is 29.3 Å². The Morgan fingerprint density at radius 1 is 1.42 bits per heavy atom. The summed E-state index contributed by atoms with van der Waals surface area (Å²) in [5, 5.41) is 12.8. The Bertz CT molecular complexity index is 374. The second kappa shape index (κ2) is 6.49. The maximum absolute atomic E-state index is 9.09. The van der Waals surface area contributed by atoms with E-state index in [1.165, 1.54) is 18.5 Å². The SMILES string of the molecule is CC(C)(CCO)CNC(Cc1ccccn1)C1CC1. The minimum Gasteiger partial charge on any atom is -0.396 e. The Morgan fingerprint density at radius 2 is 2.21 bits per heavy atom. The fourth-order valence-corrected chi connectivity index (χ4v) is 2.45. The first-order chi connectivity index (χ1) is 9.11. The summed E-state index contributed by atoms with van der Waals surface area (Å²) < 4.78 is 0. The molecule has 0 spiro atoms. The summed E-state index contributed by atoms with van der Waals surface area (Å²) in [6.45, 7) is 5.65. The van der Waals surface area contributed by atoms with Crippen LogP contribution in [0.15, 0.2) is 24.4 Å². The largest absolute Gasteiger partial charge is 0.396 e. The summed E-state index contributed by atoms with van der Waals surface area (Å²) in [6, 6.07) is 6.67. The molecule has 1 aliphatic rings. The normalized spacial score (nSPS) is 17.4. The zero-order chi connectivity index (χ0) is 13.7. The Kier molecular flexibility index (Phi) is 4.94. The highest BCUT2D eigenvalue weighted by molar-refractivity contribution is 5.07. The molecule has 106 valence electrons. The number of pyridine rings is 1. The lowest BCUT2D eigenvalue weighted by atomic mass is 9.89. The predicted molar refractivity (Wildman–Crippen MR) is 77.9 cm³/mol. The number of hydrogen-bond acceptors (Lipinski definition) is 3. The van der Waals surface area contributed by atoms with Crippen LogP contribution in [0, 0.1) is 11.3 Å². The molecule has 0 aromatic carbocycles. The van der Waals surface area contributed by atoms with Crippen LogP contribution < -0.4 is 5.32 Å². The molecule has 3 nitrogen and oxygen atoms in total. The van der Waals surface area contributed by atoms with Gasteiger partial charge in [-0.2, -0.15) is 0 Å². The zero-order valence-electron chi connectivity index (χ0n) is 12.1. The van der Waals surface area contributed by atoms with E-state index in [2.05, 4.69) is 36.3 Å². The maximum Gasteiger partial charge on any atom is 0.0436 e. The van der Waals surface area contributed by atoms with Crippen molar-refractivity contribution in [2.24, 2.45) is 11.3 Å². The van der Waals surface area contributed by atoms with Crippen LogP contribution in [-0.2, 0) is 6.42 Å². The summed E-state index contributed by atoms with van der Waals surface area (Å²) in [4.78, 5) is 4.43. The number of hydrogen-bond donors (Lipinski definition) is 2. The molecule has 2 N–H and O–H groups in total. The summed E-state index contributed by atoms with van der Waals surface area (Å²) in [5.74, 6) is 0.812. The van der Waals surface area contributed by atoms with Gasteiger partial charge >= 0.3 is 0 Å². The number of nitrogens with one attached hydrogen (secondary N) is 1. The van der Waals surface area contributed by atoms with Gasteiger partial charge in [0.1, 0.15) is 0 Å². The maximum atomic E-state index is 9.09. The average molecular weight is 262 g/mol. The zero-order valence-corrected chi connectivity index (χ0v) is 12.1. The fraction of sp³-hybridized carbons (Fsp3) is 0.688. The van der Waals surface area contributed by atoms with Crippen LogP contribution in [0.5, 0.6) is 0 Å². The highest BCUT2D eigenvalue weighted by Gasteiger charge is 2.32. The molecular weight excluding hydrogens is 236 g/mol. The van der Waals surface area contributed by atoms with Crippen molar-refractivity contribution in [3.8, 4) is 0 Å². The average Bonchev–Trinajstić information content (AvgIpc) is 3.20. The molecule has 3 heteroatoms. The Hall–Kier alpha value is -0.930. The van der Waals surface area contributed by atoms with Crippen LogP contribution in [0.3, 0.4) is 0 Å². The minimum atomic E-state index is 0.159. The van der Waals surface area contributed by atoms with Gasteiger partial charge in [-0.15, -0.1) is 0 Å². The van der Waals surface area contributed by atoms with Crippen molar-refractivity contribution in [3.05, 3.63) is 30.1 Å². The number of aliphatic hydroxyl groups excluding tert-OH is 1. The van der Waals surface area contributed by atoms with Crippen molar-refractivity contribution >= 4 is 0 Å². The molecule has 1 aliphatic carbocycles. The van der Waals surface area contributed by atoms with Gasteiger partial charge < -0.3 is 10.4 Å². The van der Waals surface area contributed by atoms with Gasteiger partial charge in [-0.05, 0) is 42.7 Å². The van der Waals surface area contributed by atoms with Crippen molar-refractivity contribution < 1.29 is 5.11 Å². The van der Waals surface area contributed by atoms with Gasteiger partial charge in [0, 0.05) is 37.5 Å². The van der Waals surface area contributed by atoms with Crippen molar-refractivity contribution in [1.29, 1.82) is 0 Å².